The van der Waals surface area contributed by atoms with Gasteiger partial charge in [0.1, 0.15) is 5.75 Å². The lowest BCUT2D eigenvalue weighted by Crippen LogP contribution is -2.26. The molecule has 1 amide bonds. The van der Waals surface area contributed by atoms with Crippen LogP contribution in [-0.4, -0.2) is 29.8 Å². The van der Waals surface area contributed by atoms with E-state index in [0.717, 1.165) is 21.9 Å². The fraction of sp³-hybridized carbons (Fsp3) is 0.222. The van der Waals surface area contributed by atoms with Crippen LogP contribution in [0.3, 0.4) is 0 Å². The molecule has 2 heterocycles. The number of aromatic amines is 1. The maximum Gasteiger partial charge on any atom is 0.271 e. The monoisotopic (exact) mass is 341 g/mol. The fourth-order valence-corrected chi connectivity index (χ4v) is 3.29. The van der Waals surface area contributed by atoms with Crippen LogP contribution in [0.5, 0.6) is 5.75 Å². The number of aromatic nitrogens is 2. The predicted molar refractivity (Wildman–Crippen MR) is 95.7 cm³/mol. The third kappa shape index (κ3) is 3.65. The molecule has 0 aliphatic heterocycles. The van der Waals surface area contributed by atoms with Gasteiger partial charge in [0.05, 0.1) is 17.7 Å². The van der Waals surface area contributed by atoms with Crippen molar-refractivity contribution in [3.05, 3.63) is 58.6 Å². The predicted octanol–water partition coefficient (Wildman–Crippen LogP) is 3.43. The molecule has 6 heteroatoms. The van der Waals surface area contributed by atoms with E-state index >= 15 is 0 Å². The summed E-state index contributed by atoms with van der Waals surface area (Å²) in [5.74, 6) is 0.655. The molecule has 0 unspecified atom stereocenters. The summed E-state index contributed by atoms with van der Waals surface area (Å²) in [5, 5.41) is 9.92. The molecule has 24 heavy (non-hydrogen) atoms. The molecular formula is C18H19N3O2S. The highest BCUT2D eigenvalue weighted by molar-refractivity contribution is 7.15. The number of thiophene rings is 1. The van der Waals surface area contributed by atoms with Gasteiger partial charge in [-0.1, -0.05) is 18.2 Å². The van der Waals surface area contributed by atoms with E-state index in [0.29, 0.717) is 18.7 Å². The highest BCUT2D eigenvalue weighted by Crippen LogP contribution is 2.26. The molecule has 0 saturated carbocycles. The van der Waals surface area contributed by atoms with E-state index in [-0.39, 0.29) is 5.91 Å². The van der Waals surface area contributed by atoms with Crippen molar-refractivity contribution in [1.29, 1.82) is 0 Å². The number of amides is 1. The fourth-order valence-electron chi connectivity index (χ4n) is 2.45. The van der Waals surface area contributed by atoms with Crippen LogP contribution in [0.25, 0.3) is 10.6 Å². The molecule has 0 atom stereocenters. The van der Waals surface area contributed by atoms with Gasteiger partial charge < -0.3 is 10.1 Å². The van der Waals surface area contributed by atoms with Gasteiger partial charge in [0, 0.05) is 11.4 Å². The van der Waals surface area contributed by atoms with E-state index in [1.54, 1.807) is 24.5 Å². The Morgan fingerprint density at radius 3 is 2.88 bits per heavy atom. The second-order valence-electron chi connectivity index (χ2n) is 5.39. The van der Waals surface area contributed by atoms with Crippen LogP contribution in [0, 0.1) is 6.92 Å². The molecule has 0 aliphatic rings. The van der Waals surface area contributed by atoms with Crippen molar-refractivity contribution in [2.45, 2.75) is 13.3 Å². The Bertz CT molecular complexity index is 838. The number of carbonyl (C=O) groups excluding carboxylic acids is 1. The normalized spacial score (nSPS) is 10.6. The zero-order chi connectivity index (χ0) is 16.9. The molecule has 5 nitrogen and oxygen atoms in total. The molecule has 124 valence electrons. The summed E-state index contributed by atoms with van der Waals surface area (Å²) >= 11 is 1.67. The number of methoxy groups -OCH3 is 1. The Balaban J connectivity index is 1.58. The summed E-state index contributed by atoms with van der Waals surface area (Å²) in [6.45, 7) is 2.58. The molecule has 1 aromatic carbocycles. The number of nitrogens with zero attached hydrogens (tertiary/aromatic N) is 1. The minimum absolute atomic E-state index is 0.180. The maximum absolute atomic E-state index is 12.2. The summed E-state index contributed by atoms with van der Waals surface area (Å²) in [5.41, 5.74) is 2.33. The lowest BCUT2D eigenvalue weighted by atomic mass is 10.1. The van der Waals surface area contributed by atoms with Crippen molar-refractivity contribution >= 4 is 17.2 Å². The molecule has 0 aliphatic carbocycles. The number of aryl methyl sites for hydroxylation is 1. The molecule has 0 fully saturated rings. The summed E-state index contributed by atoms with van der Waals surface area (Å²) in [4.78, 5) is 14.5. The number of para-hydroxylation sites is 1. The van der Waals surface area contributed by atoms with Gasteiger partial charge in [0.15, 0.2) is 5.69 Å². The second-order valence-corrected chi connectivity index (χ2v) is 6.68. The van der Waals surface area contributed by atoms with Gasteiger partial charge in [-0.15, -0.1) is 11.3 Å². The number of H-pyrrole nitrogens is 1. The quantitative estimate of drug-likeness (QED) is 0.722. The highest BCUT2D eigenvalue weighted by Gasteiger charge is 2.12. The van der Waals surface area contributed by atoms with Crippen LogP contribution in [-0.2, 0) is 6.42 Å². The van der Waals surface area contributed by atoms with Crippen molar-refractivity contribution in [3.63, 3.8) is 0 Å². The number of hydrogen-bond acceptors (Lipinski definition) is 4. The van der Waals surface area contributed by atoms with Gasteiger partial charge in [-0.05, 0) is 43.2 Å². The average molecular weight is 341 g/mol. The molecule has 3 rings (SSSR count). The first-order valence-corrected chi connectivity index (χ1v) is 8.51. The van der Waals surface area contributed by atoms with Crippen molar-refractivity contribution in [2.75, 3.05) is 13.7 Å². The van der Waals surface area contributed by atoms with E-state index < -0.39 is 0 Å². The van der Waals surface area contributed by atoms with Crippen molar-refractivity contribution in [1.82, 2.24) is 15.5 Å². The van der Waals surface area contributed by atoms with Crippen molar-refractivity contribution in [3.8, 4) is 16.3 Å². The Morgan fingerprint density at radius 1 is 1.29 bits per heavy atom. The van der Waals surface area contributed by atoms with E-state index in [2.05, 4.69) is 22.4 Å². The van der Waals surface area contributed by atoms with Crippen molar-refractivity contribution in [2.24, 2.45) is 0 Å². The Kier molecular flexibility index (Phi) is 4.96. The molecule has 0 bridgehead atoms. The SMILES string of the molecule is COc1ccccc1CCNC(=O)c1cc(-c2ccc(C)s2)[nH]n1. The van der Waals surface area contributed by atoms with Crippen LogP contribution < -0.4 is 10.1 Å². The van der Waals surface area contributed by atoms with Gasteiger partial charge in [-0.25, -0.2) is 0 Å². The lowest BCUT2D eigenvalue weighted by Gasteiger charge is -2.08. The maximum atomic E-state index is 12.2. The average Bonchev–Trinajstić information content (AvgIpc) is 3.24. The third-order valence-electron chi connectivity index (χ3n) is 3.69. The van der Waals surface area contributed by atoms with Crippen LogP contribution in [0.1, 0.15) is 20.9 Å². The minimum Gasteiger partial charge on any atom is -0.496 e. The smallest absolute Gasteiger partial charge is 0.271 e. The number of ether oxygens (including phenoxy) is 1. The second kappa shape index (κ2) is 7.31. The van der Waals surface area contributed by atoms with Crippen LogP contribution >= 0.6 is 11.3 Å². The van der Waals surface area contributed by atoms with E-state index in [1.807, 2.05) is 36.4 Å². The van der Waals surface area contributed by atoms with Gasteiger partial charge in [0.25, 0.3) is 5.91 Å². The molecule has 0 radical (unpaired) electrons. The minimum atomic E-state index is -0.180. The first-order valence-electron chi connectivity index (χ1n) is 7.69. The van der Waals surface area contributed by atoms with Gasteiger partial charge in [-0.2, -0.15) is 5.10 Å². The topological polar surface area (TPSA) is 67.0 Å². The lowest BCUT2D eigenvalue weighted by molar-refractivity contribution is 0.0949. The standard InChI is InChI=1S/C18H19N3O2S/c1-12-7-8-17(24-12)14-11-15(21-20-14)18(22)19-10-9-13-5-3-4-6-16(13)23-2/h3-8,11H,9-10H2,1-2H3,(H,19,22)(H,20,21). The number of hydrogen-bond donors (Lipinski definition) is 2. The van der Waals surface area contributed by atoms with Gasteiger partial charge in [-0.3, -0.25) is 9.89 Å². The zero-order valence-electron chi connectivity index (χ0n) is 13.6. The van der Waals surface area contributed by atoms with E-state index in [4.69, 9.17) is 4.74 Å². The molecule has 3 aromatic rings. The summed E-state index contributed by atoms with van der Waals surface area (Å²) in [6, 6.07) is 13.7. The Labute approximate surface area is 144 Å². The Hall–Kier alpha value is -2.60. The molecule has 0 spiro atoms. The molecule has 2 aromatic heterocycles. The highest BCUT2D eigenvalue weighted by atomic mass is 32.1. The first-order chi connectivity index (χ1) is 11.7. The molecule has 2 N–H and O–H groups in total. The van der Waals surface area contributed by atoms with Crippen LogP contribution in [0.15, 0.2) is 42.5 Å². The largest absolute Gasteiger partial charge is 0.496 e. The molecule has 0 saturated heterocycles. The zero-order valence-corrected chi connectivity index (χ0v) is 14.4. The van der Waals surface area contributed by atoms with E-state index in [1.165, 1.54) is 4.88 Å². The van der Waals surface area contributed by atoms with Crippen LogP contribution in [0.2, 0.25) is 0 Å². The first kappa shape index (κ1) is 16.3. The summed E-state index contributed by atoms with van der Waals surface area (Å²) in [6.07, 6.45) is 0.706. The van der Waals surface area contributed by atoms with Gasteiger partial charge >= 0.3 is 0 Å². The number of nitrogens with one attached hydrogen (secondary N) is 2. The summed E-state index contributed by atoms with van der Waals surface area (Å²) in [7, 11) is 1.65. The number of carbonyl (C=O) groups is 1. The summed E-state index contributed by atoms with van der Waals surface area (Å²) < 4.78 is 5.31. The number of rotatable bonds is 6. The van der Waals surface area contributed by atoms with Crippen molar-refractivity contribution < 1.29 is 9.53 Å². The Morgan fingerprint density at radius 2 is 2.12 bits per heavy atom. The third-order valence-corrected chi connectivity index (χ3v) is 4.72. The molecular weight excluding hydrogens is 322 g/mol. The van der Waals surface area contributed by atoms with Gasteiger partial charge in [0.2, 0.25) is 0 Å². The number of benzene rings is 1. The van der Waals surface area contributed by atoms with E-state index in [9.17, 15) is 4.79 Å². The van der Waals surface area contributed by atoms with Crippen LogP contribution in [0.4, 0.5) is 0 Å².